The zero-order chi connectivity index (χ0) is 22.5. The molecule has 0 unspecified atom stereocenters. The van der Waals surface area contributed by atoms with Crippen molar-refractivity contribution in [3.63, 3.8) is 0 Å². The Balaban J connectivity index is 1.75. The van der Waals surface area contributed by atoms with Gasteiger partial charge in [-0.3, -0.25) is 9.78 Å². The van der Waals surface area contributed by atoms with E-state index in [2.05, 4.69) is 10.3 Å². The first-order chi connectivity index (χ1) is 15.6. The average molecular weight is 428 g/mol. The zero-order valence-electron chi connectivity index (χ0n) is 18.2. The second kappa shape index (κ2) is 9.34. The van der Waals surface area contributed by atoms with Crippen LogP contribution in [0, 0.1) is 6.92 Å². The number of hydrogen-bond donors (Lipinski definition) is 1. The fourth-order valence-electron chi connectivity index (χ4n) is 3.41. The van der Waals surface area contributed by atoms with Gasteiger partial charge in [0, 0.05) is 30.6 Å². The van der Waals surface area contributed by atoms with Crippen LogP contribution in [0.2, 0.25) is 0 Å². The summed E-state index contributed by atoms with van der Waals surface area (Å²) in [7, 11) is 3.20. The van der Waals surface area contributed by atoms with E-state index >= 15 is 0 Å². The second-order valence-electron chi connectivity index (χ2n) is 7.27. The molecule has 162 valence electrons. The lowest BCUT2D eigenvalue weighted by molar-refractivity contribution is 0.0943. The van der Waals surface area contributed by atoms with Crippen molar-refractivity contribution < 1.29 is 14.3 Å². The lowest BCUT2D eigenvalue weighted by Crippen LogP contribution is -2.25. The summed E-state index contributed by atoms with van der Waals surface area (Å²) < 4.78 is 12.5. The first-order valence-corrected chi connectivity index (χ1v) is 10.2. The Hall–Kier alpha value is -4.13. The summed E-state index contributed by atoms with van der Waals surface area (Å²) >= 11 is 0. The summed E-state index contributed by atoms with van der Waals surface area (Å²) in [6, 6.07) is 18.9. The van der Waals surface area contributed by atoms with E-state index in [-0.39, 0.29) is 5.91 Å². The van der Waals surface area contributed by atoms with E-state index in [1.54, 1.807) is 43.4 Å². The molecule has 0 aliphatic heterocycles. The molecule has 0 spiro atoms. The van der Waals surface area contributed by atoms with E-state index < -0.39 is 0 Å². The van der Waals surface area contributed by atoms with Gasteiger partial charge in [0.05, 0.1) is 25.6 Å². The maximum Gasteiger partial charge on any atom is 0.270 e. The van der Waals surface area contributed by atoms with Crippen molar-refractivity contribution in [1.82, 2.24) is 20.1 Å². The van der Waals surface area contributed by atoms with Crippen molar-refractivity contribution in [3.05, 3.63) is 89.9 Å². The van der Waals surface area contributed by atoms with Crippen LogP contribution in [0.4, 0.5) is 0 Å². The minimum atomic E-state index is -0.227. The molecule has 1 amide bonds. The molecule has 0 radical (unpaired) electrons. The van der Waals surface area contributed by atoms with Crippen molar-refractivity contribution >= 4 is 5.91 Å². The number of pyridine rings is 1. The standard InChI is InChI=1S/C25H24N4O3/c1-17-5-4-6-19(13-17)29-23(25(30)27-16-18-9-11-26-12-10-18)15-22(28-29)21-8-7-20(31-2)14-24(21)32-3/h4-15H,16H2,1-3H3,(H,27,30). The lowest BCUT2D eigenvalue weighted by Gasteiger charge is -2.09. The average Bonchev–Trinajstić information content (AvgIpc) is 3.28. The number of rotatable bonds is 7. The van der Waals surface area contributed by atoms with Gasteiger partial charge in [-0.2, -0.15) is 5.10 Å². The van der Waals surface area contributed by atoms with Gasteiger partial charge in [-0.05, 0) is 60.5 Å². The zero-order valence-corrected chi connectivity index (χ0v) is 18.2. The molecule has 32 heavy (non-hydrogen) atoms. The fraction of sp³-hybridized carbons (Fsp3) is 0.160. The van der Waals surface area contributed by atoms with Crippen molar-refractivity contribution in [1.29, 1.82) is 0 Å². The van der Waals surface area contributed by atoms with Crippen LogP contribution in [0.1, 0.15) is 21.6 Å². The number of nitrogens with one attached hydrogen (secondary N) is 1. The predicted octanol–water partition coefficient (Wildman–Crippen LogP) is 4.19. The van der Waals surface area contributed by atoms with E-state index in [0.29, 0.717) is 29.4 Å². The number of methoxy groups -OCH3 is 2. The van der Waals surface area contributed by atoms with Crippen LogP contribution < -0.4 is 14.8 Å². The minimum Gasteiger partial charge on any atom is -0.497 e. The number of ether oxygens (including phenoxy) is 2. The summed E-state index contributed by atoms with van der Waals surface area (Å²) in [5, 5.41) is 7.73. The SMILES string of the molecule is COc1ccc(-c2cc(C(=O)NCc3ccncc3)n(-c3cccc(C)c3)n2)c(OC)c1. The minimum absolute atomic E-state index is 0.227. The third kappa shape index (κ3) is 4.46. The molecular formula is C25H24N4O3. The number of nitrogens with zero attached hydrogens (tertiary/aromatic N) is 3. The Labute approximate surface area is 186 Å². The van der Waals surface area contributed by atoms with E-state index in [1.807, 2.05) is 55.5 Å². The van der Waals surface area contributed by atoms with Crippen molar-refractivity contribution in [2.45, 2.75) is 13.5 Å². The highest BCUT2D eigenvalue weighted by molar-refractivity contribution is 5.94. The number of aryl methyl sites for hydroxylation is 1. The highest BCUT2D eigenvalue weighted by Crippen LogP contribution is 2.33. The number of aromatic nitrogens is 3. The van der Waals surface area contributed by atoms with Gasteiger partial charge in [-0.1, -0.05) is 12.1 Å². The second-order valence-corrected chi connectivity index (χ2v) is 7.27. The molecule has 2 heterocycles. The molecule has 0 saturated heterocycles. The van der Waals surface area contributed by atoms with Gasteiger partial charge >= 0.3 is 0 Å². The van der Waals surface area contributed by atoms with E-state index in [0.717, 1.165) is 22.4 Å². The van der Waals surface area contributed by atoms with E-state index in [4.69, 9.17) is 14.6 Å². The molecule has 0 atom stereocenters. The fourth-order valence-corrected chi connectivity index (χ4v) is 3.41. The Bertz CT molecular complexity index is 1240. The molecule has 0 aliphatic carbocycles. The lowest BCUT2D eigenvalue weighted by atomic mass is 10.1. The summed E-state index contributed by atoms with van der Waals surface area (Å²) in [6.45, 7) is 2.39. The number of amides is 1. The maximum absolute atomic E-state index is 13.2. The Kier molecular flexibility index (Phi) is 6.17. The van der Waals surface area contributed by atoms with Gasteiger partial charge in [0.1, 0.15) is 17.2 Å². The van der Waals surface area contributed by atoms with Crippen LogP contribution in [0.15, 0.2) is 73.1 Å². The summed E-state index contributed by atoms with van der Waals surface area (Å²) in [6.07, 6.45) is 3.40. The molecule has 0 bridgehead atoms. The maximum atomic E-state index is 13.2. The topological polar surface area (TPSA) is 78.3 Å². The quantitative estimate of drug-likeness (QED) is 0.478. The third-order valence-corrected chi connectivity index (χ3v) is 5.08. The molecule has 0 saturated carbocycles. The van der Waals surface area contributed by atoms with Crippen molar-refractivity contribution in [2.24, 2.45) is 0 Å². The van der Waals surface area contributed by atoms with E-state index in [1.165, 1.54) is 0 Å². The number of hydrogen-bond acceptors (Lipinski definition) is 5. The predicted molar refractivity (Wildman–Crippen MR) is 122 cm³/mol. The van der Waals surface area contributed by atoms with Crippen molar-refractivity contribution in [3.8, 4) is 28.4 Å². The Morgan fingerprint density at radius 2 is 1.81 bits per heavy atom. The molecule has 7 nitrogen and oxygen atoms in total. The van der Waals surface area contributed by atoms with Gasteiger partial charge in [-0.25, -0.2) is 4.68 Å². The molecule has 4 rings (SSSR count). The van der Waals surface area contributed by atoms with Gasteiger partial charge < -0.3 is 14.8 Å². The van der Waals surface area contributed by atoms with Gasteiger partial charge in [0.2, 0.25) is 0 Å². The molecule has 4 aromatic rings. The Morgan fingerprint density at radius 1 is 1.00 bits per heavy atom. The number of carbonyl (C=O) groups excluding carboxylic acids is 1. The van der Waals surface area contributed by atoms with Crippen LogP contribution in [0.25, 0.3) is 16.9 Å². The summed E-state index contributed by atoms with van der Waals surface area (Å²) in [5.74, 6) is 1.07. The van der Waals surface area contributed by atoms with Gasteiger partial charge in [-0.15, -0.1) is 0 Å². The summed E-state index contributed by atoms with van der Waals surface area (Å²) in [5.41, 5.74) is 4.66. The summed E-state index contributed by atoms with van der Waals surface area (Å²) in [4.78, 5) is 17.2. The van der Waals surface area contributed by atoms with Crippen molar-refractivity contribution in [2.75, 3.05) is 14.2 Å². The highest BCUT2D eigenvalue weighted by Gasteiger charge is 2.20. The van der Waals surface area contributed by atoms with Crippen LogP contribution in [-0.4, -0.2) is 34.9 Å². The molecule has 2 aromatic carbocycles. The first-order valence-electron chi connectivity index (χ1n) is 10.2. The molecule has 1 N–H and O–H groups in total. The first kappa shape index (κ1) is 21.1. The monoisotopic (exact) mass is 428 g/mol. The Morgan fingerprint density at radius 3 is 2.53 bits per heavy atom. The van der Waals surface area contributed by atoms with E-state index in [9.17, 15) is 4.79 Å². The largest absolute Gasteiger partial charge is 0.497 e. The molecule has 7 heteroatoms. The van der Waals surface area contributed by atoms with Gasteiger partial charge in [0.15, 0.2) is 0 Å². The smallest absolute Gasteiger partial charge is 0.270 e. The van der Waals surface area contributed by atoms with Gasteiger partial charge in [0.25, 0.3) is 5.91 Å². The molecule has 0 aliphatic rings. The number of benzene rings is 2. The number of carbonyl (C=O) groups is 1. The van der Waals surface area contributed by atoms with Crippen LogP contribution in [-0.2, 0) is 6.54 Å². The van der Waals surface area contributed by atoms with Crippen LogP contribution >= 0.6 is 0 Å². The third-order valence-electron chi connectivity index (χ3n) is 5.08. The van der Waals surface area contributed by atoms with Crippen LogP contribution in [0.5, 0.6) is 11.5 Å². The highest BCUT2D eigenvalue weighted by atomic mass is 16.5. The van der Waals surface area contributed by atoms with Crippen LogP contribution in [0.3, 0.4) is 0 Å². The molecular weight excluding hydrogens is 404 g/mol. The molecule has 2 aromatic heterocycles. The molecule has 0 fully saturated rings. The normalized spacial score (nSPS) is 10.6.